The number of esters is 2. The predicted molar refractivity (Wildman–Crippen MR) is 202 cm³/mol. The number of nitrogens with one attached hydrogen (secondary N) is 1. The molecular weight excluding hydrogens is 719 g/mol. The Labute approximate surface area is 314 Å². The lowest BCUT2D eigenvalue weighted by atomic mass is 9.57. The molecule has 4 aromatic rings. The van der Waals surface area contributed by atoms with E-state index in [0.29, 0.717) is 5.69 Å². The fourth-order valence-corrected chi connectivity index (χ4v) is 11.3. The molecule has 1 spiro atoms. The smallest absolute Gasteiger partial charge is 0.355 e. The number of cyclic esters (lactones) is 1. The first kappa shape index (κ1) is 35.7. The van der Waals surface area contributed by atoms with Crippen LogP contribution in [0.3, 0.4) is 0 Å². The zero-order valence-corrected chi connectivity index (χ0v) is 32.0. The minimum Gasteiger partial charge on any atom is -0.457 e. The molecule has 4 bridgehead atoms. The molecule has 6 heterocycles. The van der Waals surface area contributed by atoms with Gasteiger partial charge in [-0.15, -0.1) is 0 Å². The number of ether oxygens (including phenoxy) is 4. The van der Waals surface area contributed by atoms with E-state index in [1.54, 1.807) is 40.9 Å². The van der Waals surface area contributed by atoms with Crippen LogP contribution in [0.5, 0.6) is 0 Å². The number of carbonyl (C=O) groups is 2. The van der Waals surface area contributed by atoms with Gasteiger partial charge in [-0.25, -0.2) is 9.59 Å². The van der Waals surface area contributed by atoms with Gasteiger partial charge in [-0.1, -0.05) is 32.1 Å². The lowest BCUT2D eigenvalue weighted by Crippen LogP contribution is -2.57. The molecule has 12 atom stereocenters. The van der Waals surface area contributed by atoms with Gasteiger partial charge in [-0.2, -0.15) is 34.0 Å². The number of hydrogen-bond donors (Lipinski definition) is 3. The molecule has 1 saturated heterocycles. The Balaban J connectivity index is 1.20. The quantitative estimate of drug-likeness (QED) is 0.130. The average Bonchev–Trinajstić information content (AvgIpc) is 3.96. The van der Waals surface area contributed by atoms with E-state index in [4.69, 9.17) is 18.9 Å². The van der Waals surface area contributed by atoms with E-state index in [1.165, 1.54) is 7.11 Å². The summed E-state index contributed by atoms with van der Waals surface area (Å²) in [5.41, 5.74) is 5.72. The van der Waals surface area contributed by atoms with Gasteiger partial charge in [0.05, 0.1) is 17.9 Å². The molecule has 4 aromatic heterocycles. The molecule has 12 heteroatoms. The second-order valence-electron chi connectivity index (χ2n) is 14.7. The van der Waals surface area contributed by atoms with Crippen LogP contribution in [-0.4, -0.2) is 76.5 Å². The average molecular weight is 762 g/mol. The normalized spacial score (nSPS) is 35.7. The van der Waals surface area contributed by atoms with Crippen LogP contribution in [0, 0.1) is 29.6 Å². The van der Waals surface area contributed by atoms with Crippen LogP contribution in [0.1, 0.15) is 44.6 Å². The van der Waals surface area contributed by atoms with Crippen molar-refractivity contribution in [1.82, 2.24) is 4.98 Å². The van der Waals surface area contributed by atoms with E-state index in [1.807, 2.05) is 60.5 Å². The van der Waals surface area contributed by atoms with Gasteiger partial charge in [-0.05, 0) is 82.1 Å². The first-order chi connectivity index (χ1) is 25.0. The second kappa shape index (κ2) is 13.8. The Morgan fingerprint density at radius 2 is 1.67 bits per heavy atom. The van der Waals surface area contributed by atoms with Crippen molar-refractivity contribution in [2.75, 3.05) is 7.11 Å². The molecule has 8 rings (SSSR count). The van der Waals surface area contributed by atoms with Crippen LogP contribution in [0.4, 0.5) is 0 Å². The Morgan fingerprint density at radius 3 is 2.29 bits per heavy atom. The Hall–Kier alpha value is -3.36. The van der Waals surface area contributed by atoms with Gasteiger partial charge in [0, 0.05) is 58.8 Å². The highest BCUT2D eigenvalue weighted by molar-refractivity contribution is 7.08. The van der Waals surface area contributed by atoms with Crippen LogP contribution in [0.2, 0.25) is 0 Å². The second-order valence-corrected chi connectivity index (χ2v) is 17.0. The van der Waals surface area contributed by atoms with E-state index in [-0.39, 0.29) is 30.1 Å². The molecule has 274 valence electrons. The predicted octanol–water partition coefficient (Wildman–Crippen LogP) is 7.59. The minimum atomic E-state index is -1.00. The standard InChI is InChI=1S/C40H43NO8S3/c1-19-14-20(2)40-26(15-28(46-5)38(44)47-35(19)22(4)42)6-7-27-31(40)34(43)21(3)36(37(27)49-40)48-39(45)33-30(24-9-12-51-17-24)29(23-8-11-50-16-23)32(41-33)25-10-13-52-18-25/h6-14,16-19,21-22,26-28,31,34-37,41-43H,15H2,1-5H3/b20-14+/t19-,21-,22?,26?,27-,28+,31+,34-,35?,36-,37-,40+/m1/s1. The van der Waals surface area contributed by atoms with E-state index in [0.717, 1.165) is 39.1 Å². The Kier molecular flexibility index (Phi) is 9.47. The number of aromatic amines is 1. The highest BCUT2D eigenvalue weighted by Crippen LogP contribution is 2.61. The summed E-state index contributed by atoms with van der Waals surface area (Å²) < 4.78 is 25.2. The maximum absolute atomic E-state index is 14.6. The van der Waals surface area contributed by atoms with Crippen LogP contribution in [0.15, 0.2) is 74.3 Å². The topological polar surface area (TPSA) is 127 Å². The SMILES string of the molecule is CO[C@H]1CC2C=C[C@H]3[C@H]4O[C@]2(/C(C)=C/[C@@H](C)C(C(C)O)OC1=O)[C@@H]3[C@H](O)[C@@H](C)[C@H]4OC(=O)c1[nH]c(-c2ccsc2)c(-c2ccsc2)c1-c1ccsc1. The van der Waals surface area contributed by atoms with Crippen LogP contribution < -0.4 is 0 Å². The van der Waals surface area contributed by atoms with Crippen molar-refractivity contribution in [2.45, 2.75) is 76.3 Å². The maximum Gasteiger partial charge on any atom is 0.355 e. The third kappa shape index (κ3) is 5.61. The van der Waals surface area contributed by atoms with Gasteiger partial charge >= 0.3 is 11.9 Å². The summed E-state index contributed by atoms with van der Waals surface area (Å²) in [7, 11) is 1.47. The highest BCUT2D eigenvalue weighted by atomic mass is 32.1. The number of thiophene rings is 3. The fraction of sp³-hybridized carbons (Fsp3) is 0.450. The van der Waals surface area contributed by atoms with E-state index >= 15 is 0 Å². The number of rotatable bonds is 7. The van der Waals surface area contributed by atoms with Crippen molar-refractivity contribution in [3.8, 4) is 33.5 Å². The third-order valence-electron chi connectivity index (χ3n) is 11.8. The summed E-state index contributed by atoms with van der Waals surface area (Å²) in [5.74, 6) is -2.82. The number of aromatic nitrogens is 1. The summed E-state index contributed by atoms with van der Waals surface area (Å²) in [5, 5.41) is 35.1. The Morgan fingerprint density at radius 1 is 1.02 bits per heavy atom. The van der Waals surface area contributed by atoms with Crippen molar-refractivity contribution in [1.29, 1.82) is 0 Å². The number of aliphatic hydroxyl groups is 2. The van der Waals surface area contributed by atoms with Crippen LogP contribution >= 0.6 is 34.0 Å². The first-order valence-corrected chi connectivity index (χ1v) is 20.6. The van der Waals surface area contributed by atoms with Crippen molar-refractivity contribution in [3.05, 3.63) is 80.0 Å². The molecule has 0 aromatic carbocycles. The van der Waals surface area contributed by atoms with Gasteiger partial charge in [0.25, 0.3) is 0 Å². The Bertz CT molecular complexity index is 1980. The molecule has 0 radical (unpaired) electrons. The lowest BCUT2D eigenvalue weighted by molar-refractivity contribution is -0.172. The molecule has 9 nitrogen and oxygen atoms in total. The molecular formula is C40H43NO8S3. The van der Waals surface area contributed by atoms with Crippen molar-refractivity contribution < 1.29 is 38.7 Å². The van der Waals surface area contributed by atoms with Gasteiger partial charge in [-0.3, -0.25) is 0 Å². The number of methoxy groups -OCH3 is 1. The summed E-state index contributed by atoms with van der Waals surface area (Å²) in [6, 6.07) is 6.13. The summed E-state index contributed by atoms with van der Waals surface area (Å²) in [6.45, 7) is 7.42. The van der Waals surface area contributed by atoms with Crippen molar-refractivity contribution >= 4 is 45.9 Å². The van der Waals surface area contributed by atoms with E-state index in [2.05, 4.69) is 34.0 Å². The molecule has 52 heavy (non-hydrogen) atoms. The molecule has 3 N–H and O–H groups in total. The van der Waals surface area contributed by atoms with E-state index < -0.39 is 60.1 Å². The number of aliphatic hydroxyl groups excluding tert-OH is 2. The molecule has 3 unspecified atom stereocenters. The number of hydrogen-bond acceptors (Lipinski definition) is 11. The number of H-pyrrole nitrogens is 1. The van der Waals surface area contributed by atoms with E-state index in [9.17, 15) is 19.8 Å². The number of carbonyl (C=O) groups excluding carboxylic acids is 2. The summed E-state index contributed by atoms with van der Waals surface area (Å²) in [4.78, 5) is 31.5. The molecule has 1 saturated carbocycles. The molecule has 2 fully saturated rings. The summed E-state index contributed by atoms with van der Waals surface area (Å²) >= 11 is 4.76. The van der Waals surface area contributed by atoms with Gasteiger partial charge in [0.1, 0.15) is 29.6 Å². The molecule has 4 aliphatic rings. The molecule has 0 amide bonds. The largest absolute Gasteiger partial charge is 0.457 e. The summed E-state index contributed by atoms with van der Waals surface area (Å²) in [6.07, 6.45) is 1.55. The minimum absolute atomic E-state index is 0.245. The van der Waals surface area contributed by atoms with Gasteiger partial charge < -0.3 is 34.1 Å². The van der Waals surface area contributed by atoms with Gasteiger partial charge in [0.15, 0.2) is 6.10 Å². The monoisotopic (exact) mass is 761 g/mol. The third-order valence-corrected chi connectivity index (χ3v) is 13.8. The van der Waals surface area contributed by atoms with Crippen molar-refractivity contribution in [2.24, 2.45) is 29.6 Å². The maximum atomic E-state index is 14.6. The van der Waals surface area contributed by atoms with Crippen LogP contribution in [0.25, 0.3) is 33.5 Å². The molecule has 2 aliphatic heterocycles. The van der Waals surface area contributed by atoms with Gasteiger partial charge in [0.2, 0.25) is 0 Å². The lowest BCUT2D eigenvalue weighted by Gasteiger charge is -2.48. The van der Waals surface area contributed by atoms with Crippen LogP contribution in [-0.2, 0) is 23.7 Å². The first-order valence-electron chi connectivity index (χ1n) is 17.7. The highest BCUT2D eigenvalue weighted by Gasteiger charge is 2.69. The van der Waals surface area contributed by atoms with Crippen molar-refractivity contribution in [3.63, 3.8) is 0 Å². The molecule has 2 aliphatic carbocycles. The fourth-order valence-electron chi connectivity index (χ4n) is 9.35. The zero-order valence-electron chi connectivity index (χ0n) is 29.6. The zero-order chi connectivity index (χ0) is 36.5.